The number of hydrogen-bond acceptors (Lipinski definition) is 5. The Morgan fingerprint density at radius 2 is 1.58 bits per heavy atom. The smallest absolute Gasteiger partial charge is 0.315 e. The van der Waals surface area contributed by atoms with Crippen molar-refractivity contribution in [1.82, 2.24) is 10.6 Å². The van der Waals surface area contributed by atoms with Crippen molar-refractivity contribution < 1.29 is 33.8 Å². The van der Waals surface area contributed by atoms with E-state index in [-0.39, 0.29) is 11.9 Å². The van der Waals surface area contributed by atoms with Crippen molar-refractivity contribution in [3.63, 3.8) is 0 Å². The Kier molecular flexibility index (Phi) is 19.8. The molecule has 1 unspecified atom stereocenters. The van der Waals surface area contributed by atoms with Crippen LogP contribution in [0.15, 0.2) is 30.3 Å². The van der Waals surface area contributed by atoms with Gasteiger partial charge in [-0.1, -0.05) is 57.0 Å². The number of ether oxygens (including phenoxy) is 1. The van der Waals surface area contributed by atoms with Crippen LogP contribution in [0.25, 0.3) is 0 Å². The summed E-state index contributed by atoms with van der Waals surface area (Å²) in [5, 5.41) is 23.8. The van der Waals surface area contributed by atoms with Crippen molar-refractivity contribution in [2.45, 2.75) is 71.3 Å². The molecule has 1 aromatic rings. The van der Waals surface area contributed by atoms with E-state index in [0.717, 1.165) is 58.2 Å². The fraction of sp³-hybridized carbons (Fsp3) is 0.690. The van der Waals surface area contributed by atoms with E-state index < -0.39 is 24.4 Å². The van der Waals surface area contributed by atoms with E-state index in [2.05, 4.69) is 34.9 Å². The predicted molar refractivity (Wildman–Crippen MR) is 149 cm³/mol. The molecule has 0 aliphatic heterocycles. The van der Waals surface area contributed by atoms with Crippen LogP contribution in [0.5, 0.6) is 0 Å². The zero-order valence-electron chi connectivity index (χ0n) is 24.1. The molecule has 0 bridgehead atoms. The number of carbonyl (C=O) groups is 3. The normalized spacial score (nSPS) is 12.7. The van der Waals surface area contributed by atoms with Gasteiger partial charge >= 0.3 is 12.0 Å². The molecule has 9 heteroatoms. The third kappa shape index (κ3) is 20.4. The minimum Gasteiger partial charge on any atom is -0.554 e. The summed E-state index contributed by atoms with van der Waals surface area (Å²) in [4.78, 5) is 32.6. The maximum Gasteiger partial charge on any atom is 0.315 e. The number of nitrogens with one attached hydrogen (secondary N) is 2. The highest BCUT2D eigenvalue weighted by atomic mass is 16.5. The zero-order valence-corrected chi connectivity index (χ0v) is 24.1. The third-order valence-corrected chi connectivity index (χ3v) is 5.94. The summed E-state index contributed by atoms with van der Waals surface area (Å²) in [5.74, 6) is -1.21. The Morgan fingerprint density at radius 1 is 1.00 bits per heavy atom. The number of amides is 2. The first-order valence-corrected chi connectivity index (χ1v) is 13.7. The SMILES string of the molecule is CC(C)C[C@@H](C(=O)O)C(C[N+](C)(C)C)NC(=O)NCCCCCCOCCCCc1ccccc1.O=C[O-]. The minimum absolute atomic E-state index is 0.245. The summed E-state index contributed by atoms with van der Waals surface area (Å²) < 4.78 is 6.32. The predicted octanol–water partition coefficient (Wildman–Crippen LogP) is 3.07. The topological polar surface area (TPSA) is 128 Å². The number of urea groups is 1. The van der Waals surface area contributed by atoms with Gasteiger partial charge < -0.3 is 34.9 Å². The molecule has 0 aliphatic rings. The second-order valence-electron chi connectivity index (χ2n) is 11.1. The largest absolute Gasteiger partial charge is 0.554 e. The molecular formula is C29H51N3O6. The van der Waals surface area contributed by atoms with Crippen LogP contribution in [-0.2, 0) is 20.7 Å². The molecule has 0 fully saturated rings. The molecule has 1 aromatic carbocycles. The number of nitrogens with zero attached hydrogens (tertiary/aromatic N) is 1. The van der Waals surface area contributed by atoms with Crippen LogP contribution in [-0.4, -0.2) is 81.6 Å². The first-order chi connectivity index (χ1) is 18.0. The second-order valence-corrected chi connectivity index (χ2v) is 11.1. The fourth-order valence-electron chi connectivity index (χ4n) is 4.19. The van der Waals surface area contributed by atoms with E-state index in [1.165, 1.54) is 5.56 Å². The van der Waals surface area contributed by atoms with Crippen LogP contribution in [0.2, 0.25) is 0 Å². The zero-order chi connectivity index (χ0) is 28.8. The molecule has 1 rings (SSSR count). The van der Waals surface area contributed by atoms with Crippen molar-refractivity contribution in [2.24, 2.45) is 11.8 Å². The molecule has 0 saturated carbocycles. The summed E-state index contributed by atoms with van der Waals surface area (Å²) in [5.41, 5.74) is 1.39. The van der Waals surface area contributed by atoms with Gasteiger partial charge in [-0.2, -0.15) is 0 Å². The van der Waals surface area contributed by atoms with Gasteiger partial charge in [-0.15, -0.1) is 0 Å². The van der Waals surface area contributed by atoms with Crippen LogP contribution >= 0.6 is 0 Å². The van der Waals surface area contributed by atoms with Gasteiger partial charge in [-0.05, 0) is 50.0 Å². The molecule has 3 N–H and O–H groups in total. The van der Waals surface area contributed by atoms with Gasteiger partial charge in [0.25, 0.3) is 0 Å². The molecular weight excluding hydrogens is 486 g/mol. The van der Waals surface area contributed by atoms with E-state index in [4.69, 9.17) is 14.6 Å². The molecule has 218 valence electrons. The maximum absolute atomic E-state index is 12.5. The second kappa shape index (κ2) is 21.3. The molecule has 0 heterocycles. The lowest BCUT2D eigenvalue weighted by Gasteiger charge is -2.33. The lowest BCUT2D eigenvalue weighted by Crippen LogP contribution is -2.56. The van der Waals surface area contributed by atoms with Crippen LogP contribution in [0.3, 0.4) is 0 Å². The number of aryl methyl sites for hydroxylation is 1. The Balaban J connectivity index is 0.00000434. The monoisotopic (exact) mass is 537 g/mol. The molecule has 38 heavy (non-hydrogen) atoms. The lowest BCUT2D eigenvalue weighted by atomic mass is 9.89. The number of likely N-dealkylation sites (N-methyl/N-ethyl adjacent to an activating group) is 1. The standard InChI is InChI=1S/C28H49N3O4.CH2O2/c1-23(2)21-25(27(32)33)26(22-31(3,4)5)30-28(34)29-18-12-6-7-13-19-35-20-14-11-17-24-15-9-8-10-16-24;2-1-3/h8-10,15-16,23,25-26H,6-7,11-14,17-22H2,1-5H3,(H2-,29,30,32,33,34);1H,(H,2,3)/t25-,26?;/m1./s1. The van der Waals surface area contributed by atoms with Gasteiger partial charge in [-0.25, -0.2) is 4.79 Å². The average Bonchev–Trinajstić information content (AvgIpc) is 2.83. The molecule has 0 radical (unpaired) electrons. The number of carboxylic acid groups (broad SMARTS) is 2. The van der Waals surface area contributed by atoms with Crippen molar-refractivity contribution in [3.8, 4) is 0 Å². The van der Waals surface area contributed by atoms with E-state index in [9.17, 15) is 14.7 Å². The Bertz CT molecular complexity index is 752. The number of carboxylic acids is 1. The van der Waals surface area contributed by atoms with Crippen LogP contribution in [0.4, 0.5) is 4.79 Å². The van der Waals surface area contributed by atoms with Gasteiger partial charge in [0.05, 0.1) is 39.6 Å². The molecule has 2 atom stereocenters. The van der Waals surface area contributed by atoms with E-state index in [1.54, 1.807) is 0 Å². The third-order valence-electron chi connectivity index (χ3n) is 5.94. The number of rotatable bonds is 19. The Morgan fingerprint density at radius 3 is 2.13 bits per heavy atom. The first kappa shape index (κ1) is 35.4. The maximum atomic E-state index is 12.5. The number of aliphatic carboxylic acids is 1. The Labute approximate surface area is 229 Å². The number of hydrogen-bond donors (Lipinski definition) is 3. The van der Waals surface area contributed by atoms with Crippen molar-refractivity contribution in [2.75, 3.05) is 47.4 Å². The lowest BCUT2D eigenvalue weighted by molar-refractivity contribution is -0.871. The summed E-state index contributed by atoms with van der Waals surface area (Å²) >= 11 is 0. The highest BCUT2D eigenvalue weighted by Crippen LogP contribution is 2.18. The van der Waals surface area contributed by atoms with Crippen molar-refractivity contribution in [1.29, 1.82) is 0 Å². The first-order valence-electron chi connectivity index (χ1n) is 13.7. The van der Waals surface area contributed by atoms with Gasteiger partial charge in [0.2, 0.25) is 0 Å². The van der Waals surface area contributed by atoms with Gasteiger partial charge in [0.15, 0.2) is 0 Å². The van der Waals surface area contributed by atoms with E-state index in [0.29, 0.717) is 24.0 Å². The summed E-state index contributed by atoms with van der Waals surface area (Å²) in [6.07, 6.45) is 7.93. The van der Waals surface area contributed by atoms with Crippen molar-refractivity contribution in [3.05, 3.63) is 35.9 Å². The molecule has 9 nitrogen and oxygen atoms in total. The fourth-order valence-corrected chi connectivity index (χ4v) is 4.19. The average molecular weight is 538 g/mol. The summed E-state index contributed by atoms with van der Waals surface area (Å²) in [6, 6.07) is 9.85. The molecule has 0 aromatic heterocycles. The molecule has 2 amide bonds. The molecule has 0 saturated heterocycles. The number of unbranched alkanes of at least 4 members (excludes halogenated alkanes) is 4. The van der Waals surface area contributed by atoms with Crippen LogP contribution in [0, 0.1) is 11.8 Å². The van der Waals surface area contributed by atoms with Gasteiger partial charge in [0.1, 0.15) is 0 Å². The Hall–Kier alpha value is -2.65. The summed E-state index contributed by atoms with van der Waals surface area (Å²) in [7, 11) is 6.03. The highest BCUT2D eigenvalue weighted by molar-refractivity contribution is 5.76. The van der Waals surface area contributed by atoms with Gasteiger partial charge in [-0.3, -0.25) is 4.79 Å². The van der Waals surface area contributed by atoms with E-state index in [1.807, 2.05) is 41.1 Å². The number of carbonyl (C=O) groups excluding carboxylic acids is 2. The summed E-state index contributed by atoms with van der Waals surface area (Å²) in [6.45, 7) is 6.27. The quantitative estimate of drug-likeness (QED) is 0.141. The number of benzene rings is 1. The van der Waals surface area contributed by atoms with E-state index >= 15 is 0 Å². The molecule has 0 spiro atoms. The molecule has 0 aliphatic carbocycles. The van der Waals surface area contributed by atoms with Crippen LogP contribution < -0.4 is 15.7 Å². The van der Waals surface area contributed by atoms with Gasteiger partial charge in [0, 0.05) is 26.2 Å². The highest BCUT2D eigenvalue weighted by Gasteiger charge is 2.34. The minimum atomic E-state index is -0.851. The van der Waals surface area contributed by atoms with Crippen LogP contribution in [0.1, 0.15) is 64.4 Å². The number of quaternary nitrogens is 1. The van der Waals surface area contributed by atoms with Crippen molar-refractivity contribution >= 4 is 18.5 Å².